The van der Waals surface area contributed by atoms with E-state index in [1.54, 1.807) is 0 Å². The Bertz CT molecular complexity index is 2000. The minimum atomic E-state index is -0.0531. The first-order valence-electron chi connectivity index (χ1n) is 15.0. The molecule has 1 aromatic heterocycles. The highest BCUT2D eigenvalue weighted by molar-refractivity contribution is 6.11. The zero-order chi connectivity index (χ0) is 28.8. The average Bonchev–Trinajstić information content (AvgIpc) is 3.50. The van der Waals surface area contributed by atoms with Crippen LogP contribution in [-0.2, 0) is 5.41 Å². The minimum absolute atomic E-state index is 0.0531. The van der Waals surface area contributed by atoms with Crippen molar-refractivity contribution in [2.24, 2.45) is 0 Å². The third-order valence-electron chi connectivity index (χ3n) is 8.77. The average molecular weight is 542 g/mol. The summed E-state index contributed by atoms with van der Waals surface area (Å²) in [6, 6.07) is 51.1. The molecule has 8 rings (SSSR count). The van der Waals surface area contributed by atoms with Crippen molar-refractivity contribution in [2.45, 2.75) is 33.1 Å². The highest BCUT2D eigenvalue weighted by Gasteiger charge is 2.36. The largest absolute Gasteiger partial charge is 0.309 e. The van der Waals surface area contributed by atoms with Crippen LogP contribution in [0.2, 0.25) is 0 Å². The molecule has 0 radical (unpaired) electrons. The van der Waals surface area contributed by atoms with E-state index in [4.69, 9.17) is 0 Å². The summed E-state index contributed by atoms with van der Waals surface area (Å²) in [4.78, 5) is 0. The van der Waals surface area contributed by atoms with E-state index in [0.717, 1.165) is 0 Å². The minimum Gasteiger partial charge on any atom is -0.309 e. The van der Waals surface area contributed by atoms with Crippen molar-refractivity contribution >= 4 is 21.8 Å². The van der Waals surface area contributed by atoms with Gasteiger partial charge in [-0.1, -0.05) is 131 Å². The van der Waals surface area contributed by atoms with Crippen molar-refractivity contribution < 1.29 is 0 Å². The summed E-state index contributed by atoms with van der Waals surface area (Å²) in [7, 11) is 0. The zero-order valence-electron chi connectivity index (χ0n) is 24.7. The van der Waals surface area contributed by atoms with E-state index < -0.39 is 0 Å². The molecule has 1 aliphatic carbocycles. The maximum atomic E-state index is 2.48. The van der Waals surface area contributed by atoms with Gasteiger partial charge in [0.2, 0.25) is 0 Å². The van der Waals surface area contributed by atoms with Crippen LogP contribution in [0.4, 0.5) is 0 Å². The van der Waals surface area contributed by atoms with E-state index in [0.29, 0.717) is 0 Å². The van der Waals surface area contributed by atoms with E-state index in [1.807, 2.05) is 13.8 Å². The first-order chi connectivity index (χ1) is 20.6. The summed E-state index contributed by atoms with van der Waals surface area (Å²) < 4.78 is 2.48. The van der Waals surface area contributed by atoms with Gasteiger partial charge in [0.25, 0.3) is 0 Å². The molecule has 1 heterocycles. The number of para-hydroxylation sites is 1. The number of benzene rings is 6. The van der Waals surface area contributed by atoms with Gasteiger partial charge in [0, 0.05) is 21.9 Å². The summed E-state index contributed by atoms with van der Waals surface area (Å²) in [6.07, 6.45) is 0. The first-order valence-corrected chi connectivity index (χ1v) is 15.0. The van der Waals surface area contributed by atoms with Gasteiger partial charge in [-0.05, 0) is 80.9 Å². The molecule has 0 unspecified atom stereocenters. The van der Waals surface area contributed by atoms with Gasteiger partial charge in [-0.2, -0.15) is 0 Å². The standard InChI is InChI=1S/C39H29N.C2H6/c1-39(2)35-19-11-9-17-31(35)33-24-34-32-18-10-12-20-37(32)40(38(34)25-36(33)39)30-22-28(26-13-5-3-6-14-26)21-29(23-30)27-15-7-4-8-16-27;1-2/h3-25H,1-2H3;1-2H3. The Morgan fingerprint density at radius 1 is 0.429 bits per heavy atom. The normalized spacial score (nSPS) is 13.0. The fraction of sp³-hybridized carbons (Fsp3) is 0.122. The third-order valence-corrected chi connectivity index (χ3v) is 8.77. The monoisotopic (exact) mass is 541 g/mol. The Morgan fingerprint density at radius 3 is 1.67 bits per heavy atom. The van der Waals surface area contributed by atoms with Crippen LogP contribution in [0.5, 0.6) is 0 Å². The van der Waals surface area contributed by atoms with Crippen LogP contribution in [0, 0.1) is 0 Å². The van der Waals surface area contributed by atoms with Gasteiger partial charge < -0.3 is 4.57 Å². The lowest BCUT2D eigenvalue weighted by Gasteiger charge is -2.22. The quantitative estimate of drug-likeness (QED) is 0.210. The van der Waals surface area contributed by atoms with E-state index in [9.17, 15) is 0 Å². The van der Waals surface area contributed by atoms with Crippen LogP contribution in [0.15, 0.2) is 140 Å². The highest BCUT2D eigenvalue weighted by atomic mass is 15.0. The summed E-state index contributed by atoms with van der Waals surface area (Å²) in [5.41, 5.74) is 14.0. The molecule has 0 bridgehead atoms. The maximum Gasteiger partial charge on any atom is 0.0544 e. The molecule has 42 heavy (non-hydrogen) atoms. The van der Waals surface area contributed by atoms with Crippen LogP contribution in [0.3, 0.4) is 0 Å². The van der Waals surface area contributed by atoms with Crippen LogP contribution < -0.4 is 0 Å². The fourth-order valence-corrected chi connectivity index (χ4v) is 6.78. The number of hydrogen-bond donors (Lipinski definition) is 0. The lowest BCUT2D eigenvalue weighted by atomic mass is 9.82. The predicted molar refractivity (Wildman–Crippen MR) is 181 cm³/mol. The molecule has 1 heteroatoms. The summed E-state index contributed by atoms with van der Waals surface area (Å²) in [5, 5.41) is 2.59. The molecule has 1 aliphatic rings. The smallest absolute Gasteiger partial charge is 0.0544 e. The molecular weight excluding hydrogens is 506 g/mol. The number of fused-ring (bicyclic) bond motifs is 6. The van der Waals surface area contributed by atoms with Gasteiger partial charge in [0.1, 0.15) is 0 Å². The van der Waals surface area contributed by atoms with Crippen molar-refractivity contribution in [1.82, 2.24) is 4.57 Å². The second-order valence-corrected chi connectivity index (χ2v) is 11.4. The van der Waals surface area contributed by atoms with Gasteiger partial charge in [-0.15, -0.1) is 0 Å². The predicted octanol–water partition coefficient (Wildman–Crippen LogP) is 11.5. The number of rotatable bonds is 3. The summed E-state index contributed by atoms with van der Waals surface area (Å²) in [5.74, 6) is 0. The van der Waals surface area contributed by atoms with Crippen LogP contribution in [0.1, 0.15) is 38.8 Å². The van der Waals surface area contributed by atoms with E-state index in [1.165, 1.54) is 72.0 Å². The van der Waals surface area contributed by atoms with E-state index >= 15 is 0 Å². The molecule has 0 fully saturated rings. The lowest BCUT2D eigenvalue weighted by Crippen LogP contribution is -2.14. The molecule has 0 saturated heterocycles. The van der Waals surface area contributed by atoms with Crippen molar-refractivity contribution in [3.05, 3.63) is 151 Å². The number of nitrogens with zero attached hydrogens (tertiary/aromatic N) is 1. The van der Waals surface area contributed by atoms with E-state index in [-0.39, 0.29) is 5.41 Å². The van der Waals surface area contributed by atoms with Gasteiger partial charge in [-0.25, -0.2) is 0 Å². The highest BCUT2D eigenvalue weighted by Crippen LogP contribution is 2.51. The maximum absolute atomic E-state index is 2.48. The lowest BCUT2D eigenvalue weighted by molar-refractivity contribution is 0.661. The molecule has 7 aromatic rings. The van der Waals surface area contributed by atoms with Crippen molar-refractivity contribution in [2.75, 3.05) is 0 Å². The Hall–Kier alpha value is -4.88. The van der Waals surface area contributed by atoms with Crippen molar-refractivity contribution in [3.63, 3.8) is 0 Å². The molecule has 204 valence electrons. The molecular formula is C41H35N. The van der Waals surface area contributed by atoms with Gasteiger partial charge in [0.05, 0.1) is 11.0 Å². The molecule has 1 nitrogen and oxygen atoms in total. The van der Waals surface area contributed by atoms with Crippen LogP contribution in [0.25, 0.3) is 60.9 Å². The van der Waals surface area contributed by atoms with Crippen LogP contribution >= 0.6 is 0 Å². The molecule has 6 aromatic carbocycles. The molecule has 0 aliphatic heterocycles. The second kappa shape index (κ2) is 10.2. The first kappa shape index (κ1) is 26.0. The molecule has 0 spiro atoms. The molecule has 0 amide bonds. The summed E-state index contributed by atoms with van der Waals surface area (Å²) in [6.45, 7) is 8.72. The van der Waals surface area contributed by atoms with Crippen molar-refractivity contribution in [1.29, 1.82) is 0 Å². The second-order valence-electron chi connectivity index (χ2n) is 11.4. The SMILES string of the molecule is CC.CC1(C)c2ccccc2-c2cc3c4ccccc4n(-c4cc(-c5ccccc5)cc(-c5ccccc5)c4)c3cc21. The third kappa shape index (κ3) is 4.00. The summed E-state index contributed by atoms with van der Waals surface area (Å²) >= 11 is 0. The van der Waals surface area contributed by atoms with Gasteiger partial charge in [0.15, 0.2) is 0 Å². The van der Waals surface area contributed by atoms with Gasteiger partial charge in [-0.3, -0.25) is 0 Å². The topological polar surface area (TPSA) is 4.93 Å². The van der Waals surface area contributed by atoms with Crippen molar-refractivity contribution in [3.8, 4) is 39.1 Å². The number of hydrogen-bond acceptors (Lipinski definition) is 0. The molecule has 0 N–H and O–H groups in total. The van der Waals surface area contributed by atoms with E-state index in [2.05, 4.69) is 158 Å². The Morgan fingerprint density at radius 2 is 1.00 bits per heavy atom. The molecule has 0 atom stereocenters. The molecule has 0 saturated carbocycles. The van der Waals surface area contributed by atoms with Crippen LogP contribution in [-0.4, -0.2) is 4.57 Å². The Balaban J connectivity index is 0.00000141. The Labute approximate surface area is 248 Å². The number of aromatic nitrogens is 1. The van der Waals surface area contributed by atoms with Gasteiger partial charge >= 0.3 is 0 Å². The fourth-order valence-electron chi connectivity index (χ4n) is 6.78. The zero-order valence-corrected chi connectivity index (χ0v) is 24.7. The Kier molecular flexibility index (Phi) is 6.32.